The van der Waals surface area contributed by atoms with E-state index in [2.05, 4.69) is 49.6 Å². The molecule has 0 saturated heterocycles. The van der Waals surface area contributed by atoms with Crippen LogP contribution in [0.3, 0.4) is 0 Å². The van der Waals surface area contributed by atoms with Crippen LogP contribution >= 0.6 is 23.2 Å². The lowest BCUT2D eigenvalue weighted by molar-refractivity contribution is 0.0715. The lowest BCUT2D eigenvalue weighted by Crippen LogP contribution is -2.41. The number of ether oxygens (including phenoxy) is 1. The predicted molar refractivity (Wildman–Crippen MR) is 106 cm³/mol. The second kappa shape index (κ2) is 7.45. The Morgan fingerprint density at radius 1 is 1.16 bits per heavy atom. The average molecular weight is 379 g/mol. The standard InChI is InChI=1S/C20H24Cl2N2O/c1-13(24-15-8-9-17(21)18(22)10-15)23-12-14-11-20(2,3)25-19-7-5-4-6-16(14)19/h4-10,13-14,23-24H,11-12H2,1-3H3/t13?,14-/m0/s1. The van der Waals surface area contributed by atoms with Crippen LogP contribution in [0.1, 0.15) is 38.7 Å². The molecule has 3 nitrogen and oxygen atoms in total. The SMILES string of the molecule is CC(NC[C@@H]1CC(C)(C)Oc2ccccc21)Nc1ccc(Cl)c(Cl)c1. The summed E-state index contributed by atoms with van der Waals surface area (Å²) in [4.78, 5) is 0. The molecule has 0 aromatic heterocycles. The topological polar surface area (TPSA) is 33.3 Å². The van der Waals surface area contributed by atoms with Gasteiger partial charge in [-0.15, -0.1) is 0 Å². The molecule has 25 heavy (non-hydrogen) atoms. The van der Waals surface area contributed by atoms with Crippen LogP contribution in [0.2, 0.25) is 10.0 Å². The molecule has 0 radical (unpaired) electrons. The summed E-state index contributed by atoms with van der Waals surface area (Å²) in [7, 11) is 0. The van der Waals surface area contributed by atoms with Crippen molar-refractivity contribution in [3.8, 4) is 5.75 Å². The van der Waals surface area contributed by atoms with E-state index in [0.717, 1.165) is 24.4 Å². The second-order valence-electron chi connectivity index (χ2n) is 7.20. The Morgan fingerprint density at radius 2 is 1.92 bits per heavy atom. The van der Waals surface area contributed by atoms with Crippen molar-refractivity contribution in [3.05, 3.63) is 58.1 Å². The second-order valence-corrected chi connectivity index (χ2v) is 8.02. The molecule has 5 heteroatoms. The van der Waals surface area contributed by atoms with E-state index in [4.69, 9.17) is 27.9 Å². The fourth-order valence-electron chi connectivity index (χ4n) is 3.34. The molecule has 3 rings (SSSR count). The molecule has 0 spiro atoms. The van der Waals surface area contributed by atoms with E-state index in [0.29, 0.717) is 16.0 Å². The van der Waals surface area contributed by atoms with Crippen molar-refractivity contribution >= 4 is 28.9 Å². The van der Waals surface area contributed by atoms with Crippen molar-refractivity contribution < 1.29 is 4.74 Å². The third kappa shape index (κ3) is 4.60. The molecule has 134 valence electrons. The lowest BCUT2D eigenvalue weighted by atomic mass is 9.84. The molecule has 0 fully saturated rings. The number of benzene rings is 2. The number of para-hydroxylation sites is 1. The van der Waals surface area contributed by atoms with Crippen LogP contribution in [-0.4, -0.2) is 18.3 Å². The van der Waals surface area contributed by atoms with Crippen molar-refractivity contribution in [2.24, 2.45) is 0 Å². The first-order chi connectivity index (χ1) is 11.8. The van der Waals surface area contributed by atoms with Crippen LogP contribution in [-0.2, 0) is 0 Å². The Hall–Kier alpha value is -1.42. The van der Waals surface area contributed by atoms with Gasteiger partial charge in [-0.25, -0.2) is 0 Å². The summed E-state index contributed by atoms with van der Waals surface area (Å²) < 4.78 is 6.11. The summed E-state index contributed by atoms with van der Waals surface area (Å²) >= 11 is 12.0. The molecular formula is C20H24Cl2N2O. The Bertz CT molecular complexity index is 748. The molecule has 1 aliphatic rings. The monoisotopic (exact) mass is 378 g/mol. The Kier molecular flexibility index (Phi) is 5.47. The quantitative estimate of drug-likeness (QED) is 0.655. The molecule has 1 unspecified atom stereocenters. The van der Waals surface area contributed by atoms with E-state index >= 15 is 0 Å². The van der Waals surface area contributed by atoms with Crippen LogP contribution < -0.4 is 15.4 Å². The molecule has 0 bridgehead atoms. The first-order valence-electron chi connectivity index (χ1n) is 8.57. The fraction of sp³-hybridized carbons (Fsp3) is 0.400. The highest BCUT2D eigenvalue weighted by molar-refractivity contribution is 6.42. The smallest absolute Gasteiger partial charge is 0.123 e. The van der Waals surface area contributed by atoms with Crippen LogP contribution in [0.25, 0.3) is 0 Å². The van der Waals surface area contributed by atoms with Crippen LogP contribution in [0.5, 0.6) is 5.75 Å². The lowest BCUT2D eigenvalue weighted by Gasteiger charge is -2.38. The van der Waals surface area contributed by atoms with Gasteiger partial charge in [0, 0.05) is 18.2 Å². The summed E-state index contributed by atoms with van der Waals surface area (Å²) in [6.07, 6.45) is 1.09. The van der Waals surface area contributed by atoms with Crippen molar-refractivity contribution in [2.75, 3.05) is 11.9 Å². The van der Waals surface area contributed by atoms with E-state index < -0.39 is 0 Å². The molecule has 0 saturated carbocycles. The predicted octanol–water partition coefficient (Wildman–Crippen LogP) is 5.69. The van der Waals surface area contributed by atoms with Crippen molar-refractivity contribution in [1.82, 2.24) is 5.32 Å². The van der Waals surface area contributed by atoms with Crippen molar-refractivity contribution in [3.63, 3.8) is 0 Å². The number of fused-ring (bicyclic) bond motifs is 1. The highest BCUT2D eigenvalue weighted by atomic mass is 35.5. The number of rotatable bonds is 5. The maximum absolute atomic E-state index is 6.11. The molecule has 0 aliphatic carbocycles. The summed E-state index contributed by atoms with van der Waals surface area (Å²) in [5.74, 6) is 1.41. The van der Waals surface area contributed by atoms with Gasteiger partial charge in [-0.3, -0.25) is 5.32 Å². The molecule has 0 amide bonds. The minimum Gasteiger partial charge on any atom is -0.488 e. The third-order valence-corrected chi connectivity index (χ3v) is 5.20. The van der Waals surface area contributed by atoms with Crippen molar-refractivity contribution in [2.45, 2.75) is 44.9 Å². The van der Waals surface area contributed by atoms with Crippen molar-refractivity contribution in [1.29, 1.82) is 0 Å². The Morgan fingerprint density at radius 3 is 2.68 bits per heavy atom. The van der Waals surface area contributed by atoms with Gasteiger partial charge in [0.15, 0.2) is 0 Å². The highest BCUT2D eigenvalue weighted by Crippen LogP contribution is 2.40. The van der Waals surface area contributed by atoms with Gasteiger partial charge in [-0.05, 0) is 57.0 Å². The molecule has 2 aromatic carbocycles. The van der Waals surface area contributed by atoms with Gasteiger partial charge in [-0.1, -0.05) is 41.4 Å². The van der Waals surface area contributed by atoms with Gasteiger partial charge in [0.2, 0.25) is 0 Å². The minimum atomic E-state index is -0.152. The number of anilines is 1. The largest absolute Gasteiger partial charge is 0.488 e. The van der Waals surface area contributed by atoms with Gasteiger partial charge in [0.25, 0.3) is 0 Å². The summed E-state index contributed by atoms with van der Waals surface area (Å²) in [5, 5.41) is 8.10. The van der Waals surface area contributed by atoms with Gasteiger partial charge in [0.05, 0.1) is 16.2 Å². The molecule has 1 aliphatic heterocycles. The van der Waals surface area contributed by atoms with Gasteiger partial charge >= 0.3 is 0 Å². The number of nitrogens with one attached hydrogen (secondary N) is 2. The maximum atomic E-state index is 6.11. The maximum Gasteiger partial charge on any atom is 0.123 e. The van der Waals surface area contributed by atoms with E-state index in [1.54, 1.807) is 6.07 Å². The zero-order valence-electron chi connectivity index (χ0n) is 14.8. The highest BCUT2D eigenvalue weighted by Gasteiger charge is 2.33. The van der Waals surface area contributed by atoms with Gasteiger partial charge in [0.1, 0.15) is 11.4 Å². The van der Waals surface area contributed by atoms with Crippen LogP contribution in [0.4, 0.5) is 5.69 Å². The number of hydrogen-bond acceptors (Lipinski definition) is 3. The number of halogens is 2. The van der Waals surface area contributed by atoms with E-state index in [9.17, 15) is 0 Å². The normalized spacial score (nSPS) is 19.6. The summed E-state index contributed by atoms with van der Waals surface area (Å²) in [5.41, 5.74) is 2.07. The van der Waals surface area contributed by atoms with Crippen LogP contribution in [0, 0.1) is 0 Å². The first kappa shape index (κ1) is 18.4. The average Bonchev–Trinajstić information content (AvgIpc) is 2.55. The summed E-state index contributed by atoms with van der Waals surface area (Å²) in [6, 6.07) is 13.9. The van der Waals surface area contributed by atoms with E-state index in [1.807, 2.05) is 18.2 Å². The first-order valence-corrected chi connectivity index (χ1v) is 9.32. The zero-order valence-corrected chi connectivity index (χ0v) is 16.3. The molecule has 2 N–H and O–H groups in total. The Labute approximate surface area is 159 Å². The third-order valence-electron chi connectivity index (χ3n) is 4.46. The van der Waals surface area contributed by atoms with Crippen LogP contribution in [0.15, 0.2) is 42.5 Å². The molecule has 1 heterocycles. The molecule has 2 aromatic rings. The zero-order chi connectivity index (χ0) is 18.0. The van der Waals surface area contributed by atoms with Gasteiger partial charge < -0.3 is 10.1 Å². The Balaban J connectivity index is 1.63. The van der Waals surface area contributed by atoms with Gasteiger partial charge in [-0.2, -0.15) is 0 Å². The molecular weight excluding hydrogens is 355 g/mol. The fourth-order valence-corrected chi connectivity index (χ4v) is 3.64. The van der Waals surface area contributed by atoms with E-state index in [1.165, 1.54) is 5.56 Å². The minimum absolute atomic E-state index is 0.107. The van der Waals surface area contributed by atoms with E-state index in [-0.39, 0.29) is 11.8 Å². The summed E-state index contributed by atoms with van der Waals surface area (Å²) in [6.45, 7) is 7.26. The molecule has 2 atom stereocenters. The number of hydrogen-bond donors (Lipinski definition) is 2.